The van der Waals surface area contributed by atoms with Crippen molar-refractivity contribution in [3.8, 4) is 5.75 Å². The lowest BCUT2D eigenvalue weighted by molar-refractivity contribution is 0.471. The molecule has 0 aliphatic heterocycles. The molecule has 0 fully saturated rings. The molecule has 0 aromatic heterocycles. The van der Waals surface area contributed by atoms with E-state index in [9.17, 15) is 78.4 Å². The maximum Gasteiger partial charge on any atom is 0.296 e. The predicted molar refractivity (Wildman–Crippen MR) is 178 cm³/mol. The van der Waals surface area contributed by atoms with E-state index in [1.807, 2.05) is 0 Å². The Hall–Kier alpha value is -4.82. The zero-order chi connectivity index (χ0) is 40.3. The van der Waals surface area contributed by atoms with Crippen LogP contribution in [0.2, 0.25) is 0 Å². The Kier molecular flexibility index (Phi) is 10.5. The fraction of sp³-hybridized carbons (Fsp3) is 0. The van der Waals surface area contributed by atoms with Crippen LogP contribution in [0, 0.1) is 0 Å². The van der Waals surface area contributed by atoms with E-state index in [2.05, 4.69) is 27.0 Å². The summed E-state index contributed by atoms with van der Waals surface area (Å²) in [4.78, 5) is -8.01. The van der Waals surface area contributed by atoms with Crippen molar-refractivity contribution < 1.29 is 78.4 Å². The van der Waals surface area contributed by atoms with Crippen LogP contribution in [-0.4, -0.2) is 78.4 Å². The minimum Gasteiger partial charge on any atom is -0.505 e. The Bertz CT molecular complexity index is 3020. The summed E-state index contributed by atoms with van der Waals surface area (Å²) in [7, 11) is -32.0. The number of hydrogen-bond donors (Lipinski definition) is 7. The number of nitrogens with zero attached hydrogens (tertiary/aromatic N) is 4. The number of azo groups is 2. The van der Waals surface area contributed by atoms with Gasteiger partial charge in [0.2, 0.25) is 9.84 Å². The van der Waals surface area contributed by atoms with Crippen LogP contribution in [0.3, 0.4) is 0 Å². The van der Waals surface area contributed by atoms with Gasteiger partial charge in [0.05, 0.1) is 16.0 Å². The SMILES string of the molecule is C=CS(=O)(=O)c1cc(N=Nc2cc(S(=O)(=O)O)c3cc(S(=O)(=O)O)c(N=Nc4ccccc4S(=O)(=O)O)c(O)c3c2N)c(S(=O)(=O)O)cc1S(=O)(=O)O. The molecule has 4 rings (SSSR count). The number of rotatable bonds is 11. The third kappa shape index (κ3) is 8.38. The Morgan fingerprint density at radius 1 is 0.528 bits per heavy atom. The number of nitrogen functional groups attached to an aromatic ring is 1. The highest BCUT2D eigenvalue weighted by Crippen LogP contribution is 2.48. The number of sulfone groups is 1. The molecule has 0 atom stereocenters. The first-order valence-corrected chi connectivity index (χ1v) is 21.7. The second kappa shape index (κ2) is 13.5. The molecule has 0 saturated carbocycles. The van der Waals surface area contributed by atoms with Crippen molar-refractivity contribution in [2.75, 3.05) is 5.73 Å². The summed E-state index contributed by atoms with van der Waals surface area (Å²) in [5, 5.41) is 23.3. The van der Waals surface area contributed by atoms with Gasteiger partial charge in [-0.2, -0.15) is 42.1 Å². The smallest absolute Gasteiger partial charge is 0.296 e. The van der Waals surface area contributed by atoms with E-state index in [0.29, 0.717) is 12.1 Å². The van der Waals surface area contributed by atoms with Gasteiger partial charge in [0.1, 0.15) is 47.2 Å². The topological polar surface area (TPSA) is 402 Å². The summed E-state index contributed by atoms with van der Waals surface area (Å²) >= 11 is 0. The first-order valence-electron chi connectivity index (χ1n) is 13.0. The molecule has 8 N–H and O–H groups in total. The maximum absolute atomic E-state index is 12.6. The first-order chi connectivity index (χ1) is 24.0. The average Bonchev–Trinajstić information content (AvgIpc) is 3.01. The average molecular weight is 858 g/mol. The van der Waals surface area contributed by atoms with Crippen LogP contribution in [0.25, 0.3) is 10.8 Å². The number of phenolic OH excluding ortho intramolecular Hbond substituents is 1. The van der Waals surface area contributed by atoms with Gasteiger partial charge < -0.3 is 10.8 Å². The normalized spacial score (nSPS) is 13.6. The molecule has 0 unspecified atom stereocenters. The molecule has 0 radical (unpaired) electrons. The van der Waals surface area contributed by atoms with Gasteiger partial charge in [0, 0.05) is 10.8 Å². The largest absolute Gasteiger partial charge is 0.505 e. The van der Waals surface area contributed by atoms with Gasteiger partial charge in [-0.05, 0) is 36.4 Å². The minimum absolute atomic E-state index is 0.0249. The van der Waals surface area contributed by atoms with E-state index in [-0.39, 0.29) is 17.5 Å². The van der Waals surface area contributed by atoms with Crippen molar-refractivity contribution in [1.29, 1.82) is 0 Å². The molecule has 0 aliphatic rings. The zero-order valence-electron chi connectivity index (χ0n) is 25.3. The summed E-state index contributed by atoms with van der Waals surface area (Å²) in [6.07, 6.45) is 0. The molecule has 0 spiro atoms. The summed E-state index contributed by atoms with van der Waals surface area (Å²) in [5.41, 5.74) is 1.08. The van der Waals surface area contributed by atoms with E-state index in [0.717, 1.165) is 18.2 Å². The molecule has 0 amide bonds. The van der Waals surface area contributed by atoms with E-state index in [1.54, 1.807) is 0 Å². The Morgan fingerprint density at radius 2 is 1.00 bits per heavy atom. The molecule has 0 aliphatic carbocycles. The molecule has 0 saturated heterocycles. The molecule has 4 aromatic carbocycles. The molecule has 0 heterocycles. The maximum atomic E-state index is 12.6. The molecule has 53 heavy (non-hydrogen) atoms. The molecule has 284 valence electrons. The lowest BCUT2D eigenvalue weighted by Gasteiger charge is -2.14. The highest BCUT2D eigenvalue weighted by Gasteiger charge is 2.31. The lowest BCUT2D eigenvalue weighted by Crippen LogP contribution is -2.10. The molecular formula is C24H19N5O18S6. The van der Waals surface area contributed by atoms with Gasteiger partial charge in [-0.1, -0.05) is 18.7 Å². The van der Waals surface area contributed by atoms with Crippen LogP contribution in [0.15, 0.2) is 110 Å². The fourth-order valence-corrected chi connectivity index (χ4v) is 9.11. The van der Waals surface area contributed by atoms with E-state index < -0.39 is 135 Å². The second-order valence-corrected chi connectivity index (χ2v) is 18.8. The van der Waals surface area contributed by atoms with Gasteiger partial charge in [-0.15, -0.1) is 20.5 Å². The van der Waals surface area contributed by atoms with Crippen LogP contribution >= 0.6 is 0 Å². The first kappa shape index (κ1) is 40.9. The van der Waals surface area contributed by atoms with Gasteiger partial charge in [0.15, 0.2) is 5.75 Å². The summed E-state index contributed by atoms with van der Waals surface area (Å²) in [5.74, 6) is -1.45. The van der Waals surface area contributed by atoms with Crippen molar-refractivity contribution in [2.45, 2.75) is 29.4 Å². The highest BCUT2D eigenvalue weighted by atomic mass is 32.2. The fourth-order valence-electron chi connectivity index (χ4n) is 4.40. The van der Waals surface area contributed by atoms with Crippen LogP contribution in [-0.2, 0) is 60.4 Å². The third-order valence-corrected chi connectivity index (χ3v) is 12.6. The quantitative estimate of drug-likeness (QED) is 0.0647. The molecular weight excluding hydrogens is 839 g/mol. The van der Waals surface area contributed by atoms with Gasteiger partial charge in [-0.3, -0.25) is 22.8 Å². The summed E-state index contributed by atoms with van der Waals surface area (Å²) in [6, 6.07) is 4.99. The Morgan fingerprint density at radius 3 is 1.51 bits per heavy atom. The number of benzene rings is 4. The minimum atomic E-state index is -5.55. The van der Waals surface area contributed by atoms with Gasteiger partial charge in [0.25, 0.3) is 50.6 Å². The van der Waals surface area contributed by atoms with Crippen LogP contribution in [0.1, 0.15) is 0 Å². The second-order valence-electron chi connectivity index (χ2n) is 10.0. The number of fused-ring (bicyclic) bond motifs is 1. The zero-order valence-corrected chi connectivity index (χ0v) is 30.2. The number of nitrogens with two attached hydrogens (primary N) is 1. The van der Waals surface area contributed by atoms with E-state index in [4.69, 9.17) is 5.73 Å². The number of phenols is 1. The summed E-state index contributed by atoms with van der Waals surface area (Å²) in [6.45, 7) is 2.97. The molecule has 23 nitrogen and oxygen atoms in total. The number of aromatic hydroxyl groups is 1. The highest BCUT2D eigenvalue weighted by molar-refractivity contribution is 7.95. The van der Waals surface area contributed by atoms with Crippen LogP contribution in [0.5, 0.6) is 5.75 Å². The van der Waals surface area contributed by atoms with Crippen molar-refractivity contribution in [3.63, 3.8) is 0 Å². The Balaban J connectivity index is 2.15. The number of hydrogen-bond acceptors (Lipinski definition) is 18. The van der Waals surface area contributed by atoms with E-state index in [1.165, 1.54) is 6.07 Å². The van der Waals surface area contributed by atoms with Crippen molar-refractivity contribution >= 4 is 99.6 Å². The van der Waals surface area contributed by atoms with Crippen molar-refractivity contribution in [1.82, 2.24) is 0 Å². The lowest BCUT2D eigenvalue weighted by atomic mass is 10.0. The van der Waals surface area contributed by atoms with Crippen LogP contribution < -0.4 is 5.73 Å². The molecule has 4 aromatic rings. The number of anilines is 1. The Labute approximate surface area is 298 Å². The predicted octanol–water partition coefficient (Wildman–Crippen LogP) is 3.11. The van der Waals surface area contributed by atoms with Gasteiger partial charge in [-0.25, -0.2) is 8.42 Å². The van der Waals surface area contributed by atoms with Crippen molar-refractivity contribution in [3.05, 3.63) is 60.5 Å². The monoisotopic (exact) mass is 857 g/mol. The van der Waals surface area contributed by atoms with E-state index >= 15 is 0 Å². The van der Waals surface area contributed by atoms with Crippen LogP contribution in [0.4, 0.5) is 28.4 Å². The standard InChI is InChI=1S/C24H19N5O18S6/c1-2-48(31,32)18-8-13(17(51(39,40)41)10-19(18)52(42,43)44)27-28-14-9-16(50(36,37)38)11-7-20(53(45,46)47)23(24(30)21(11)22(14)25)29-26-12-5-3-4-6-15(12)49(33,34)35/h2-10,30H,1,25H2,(H,33,34,35)(H,36,37,38)(H,39,40,41)(H,42,43,44)(H,45,46,47). The molecule has 29 heteroatoms. The summed E-state index contributed by atoms with van der Waals surface area (Å²) < 4.78 is 195. The van der Waals surface area contributed by atoms with Crippen molar-refractivity contribution in [2.24, 2.45) is 20.5 Å². The molecule has 0 bridgehead atoms. The third-order valence-electron chi connectivity index (χ3n) is 6.65. The van der Waals surface area contributed by atoms with Gasteiger partial charge >= 0.3 is 0 Å².